The third-order valence-corrected chi connectivity index (χ3v) is 5.83. The maximum Gasteiger partial charge on any atom is 0.222 e. The van der Waals surface area contributed by atoms with Crippen molar-refractivity contribution in [1.82, 2.24) is 0 Å². The van der Waals surface area contributed by atoms with Crippen LogP contribution in [0.25, 0.3) is 0 Å². The van der Waals surface area contributed by atoms with Crippen LogP contribution in [-0.2, 0) is 16.9 Å². The lowest BCUT2D eigenvalue weighted by Gasteiger charge is -2.50. The number of hydrogen-bond acceptors (Lipinski definition) is 7. The molecule has 30 heavy (non-hydrogen) atoms. The predicted molar refractivity (Wildman–Crippen MR) is 110 cm³/mol. The highest BCUT2D eigenvalue weighted by Gasteiger charge is 2.58. The van der Waals surface area contributed by atoms with Crippen LogP contribution in [0.5, 0.6) is 5.75 Å². The molecule has 1 heterocycles. The van der Waals surface area contributed by atoms with E-state index in [2.05, 4.69) is 0 Å². The van der Waals surface area contributed by atoms with E-state index in [4.69, 9.17) is 21.1 Å². The van der Waals surface area contributed by atoms with Crippen molar-refractivity contribution in [2.24, 2.45) is 0 Å². The number of rotatable bonds is 6. The lowest BCUT2D eigenvalue weighted by atomic mass is 9.82. The third kappa shape index (κ3) is 4.20. The van der Waals surface area contributed by atoms with Gasteiger partial charge < -0.3 is 35.0 Å². The normalized spacial score (nSPS) is 31.5. The summed E-state index contributed by atoms with van der Waals surface area (Å²) in [4.78, 5) is 0. The molecule has 0 bridgehead atoms. The molecule has 1 saturated heterocycles. The van der Waals surface area contributed by atoms with Crippen LogP contribution >= 0.6 is 11.6 Å². The van der Waals surface area contributed by atoms with E-state index in [0.29, 0.717) is 23.6 Å². The molecule has 3 rings (SSSR count). The van der Waals surface area contributed by atoms with Gasteiger partial charge in [0.15, 0.2) is 0 Å². The highest BCUT2D eigenvalue weighted by Crippen LogP contribution is 2.41. The van der Waals surface area contributed by atoms with E-state index < -0.39 is 36.3 Å². The van der Waals surface area contributed by atoms with Crippen LogP contribution in [0.15, 0.2) is 42.5 Å². The molecule has 0 aromatic heterocycles. The van der Waals surface area contributed by atoms with Crippen molar-refractivity contribution in [3.05, 3.63) is 64.2 Å². The molecule has 7 nitrogen and oxygen atoms in total. The van der Waals surface area contributed by atoms with E-state index in [1.54, 1.807) is 12.1 Å². The van der Waals surface area contributed by atoms with Crippen molar-refractivity contribution in [3.63, 3.8) is 0 Å². The molecule has 1 fully saturated rings. The molecular weight excluding hydrogens is 412 g/mol. The van der Waals surface area contributed by atoms with Gasteiger partial charge in [0.1, 0.15) is 29.7 Å². The van der Waals surface area contributed by atoms with E-state index in [9.17, 15) is 25.5 Å². The number of aliphatic hydroxyl groups excluding tert-OH is 4. The minimum absolute atomic E-state index is 0.144. The van der Waals surface area contributed by atoms with Crippen molar-refractivity contribution >= 4 is 11.6 Å². The zero-order valence-corrected chi connectivity index (χ0v) is 17.6. The molecule has 0 amide bonds. The Morgan fingerprint density at radius 2 is 1.73 bits per heavy atom. The summed E-state index contributed by atoms with van der Waals surface area (Å²) in [6.45, 7) is 3.15. The Morgan fingerprint density at radius 1 is 1.07 bits per heavy atom. The Kier molecular flexibility index (Phi) is 6.74. The monoisotopic (exact) mass is 438 g/mol. The van der Waals surface area contributed by atoms with Crippen LogP contribution < -0.4 is 4.74 Å². The first kappa shape index (κ1) is 23.0. The Balaban J connectivity index is 1.93. The molecule has 5 atom stereocenters. The summed E-state index contributed by atoms with van der Waals surface area (Å²) in [5, 5.41) is 52.1. The van der Waals surface area contributed by atoms with Gasteiger partial charge in [-0.15, -0.1) is 0 Å². The average Bonchev–Trinajstić information content (AvgIpc) is 2.74. The van der Waals surface area contributed by atoms with E-state index in [0.717, 1.165) is 11.3 Å². The van der Waals surface area contributed by atoms with Crippen LogP contribution in [0.1, 0.15) is 30.5 Å². The van der Waals surface area contributed by atoms with Gasteiger partial charge in [0.05, 0.1) is 13.2 Å². The highest BCUT2D eigenvalue weighted by atomic mass is 35.5. The van der Waals surface area contributed by atoms with Gasteiger partial charge in [-0.1, -0.05) is 29.8 Å². The van der Waals surface area contributed by atoms with Crippen molar-refractivity contribution in [2.75, 3.05) is 13.2 Å². The Labute approximate surface area is 180 Å². The predicted octanol–water partition coefficient (Wildman–Crippen LogP) is 1.34. The molecule has 0 radical (unpaired) electrons. The van der Waals surface area contributed by atoms with Crippen LogP contribution in [0, 0.1) is 0 Å². The zero-order chi connectivity index (χ0) is 22.1. The maximum absolute atomic E-state index is 11.1. The average molecular weight is 439 g/mol. The quantitative estimate of drug-likeness (QED) is 0.461. The fourth-order valence-corrected chi connectivity index (χ4v) is 3.80. The van der Waals surface area contributed by atoms with Gasteiger partial charge in [-0.05, 0) is 55.7 Å². The second-order valence-corrected chi connectivity index (χ2v) is 8.12. The first-order valence-electron chi connectivity index (χ1n) is 9.73. The number of halogens is 1. The topological polar surface area (TPSA) is 120 Å². The summed E-state index contributed by atoms with van der Waals surface area (Å²) in [6.07, 6.45) is -4.72. The smallest absolute Gasteiger partial charge is 0.222 e. The van der Waals surface area contributed by atoms with E-state index in [-0.39, 0.29) is 5.56 Å². The van der Waals surface area contributed by atoms with Crippen LogP contribution in [0.3, 0.4) is 0 Å². The SMILES string of the molecule is CCOc1ccc(Cc2cc([C@]3(O)O[C@](C)(CO)[C@@H](O)[C@H](O)[C@H]3O)ccc2Cl)cc1. The fraction of sp³-hybridized carbons (Fsp3) is 0.455. The largest absolute Gasteiger partial charge is 0.494 e. The molecule has 0 spiro atoms. The Morgan fingerprint density at radius 3 is 2.33 bits per heavy atom. The van der Waals surface area contributed by atoms with E-state index in [1.807, 2.05) is 31.2 Å². The highest BCUT2D eigenvalue weighted by molar-refractivity contribution is 6.31. The molecule has 5 N–H and O–H groups in total. The molecule has 1 aliphatic rings. The molecular formula is C22H27ClO7. The molecule has 1 aliphatic heterocycles. The maximum atomic E-state index is 11.1. The van der Waals surface area contributed by atoms with Crippen molar-refractivity contribution < 1.29 is 35.0 Å². The van der Waals surface area contributed by atoms with Crippen molar-refractivity contribution in [2.45, 2.75) is 50.0 Å². The minimum atomic E-state index is -2.35. The number of hydrogen-bond donors (Lipinski definition) is 5. The van der Waals surface area contributed by atoms with Gasteiger partial charge in [-0.25, -0.2) is 0 Å². The lowest BCUT2D eigenvalue weighted by molar-refractivity contribution is -0.386. The fourth-order valence-electron chi connectivity index (χ4n) is 3.62. The summed E-state index contributed by atoms with van der Waals surface area (Å²) in [5.41, 5.74) is 0.0764. The molecule has 164 valence electrons. The second-order valence-electron chi connectivity index (χ2n) is 7.71. The molecule has 2 aromatic carbocycles. The lowest BCUT2D eigenvalue weighted by Crippen LogP contribution is -2.68. The van der Waals surface area contributed by atoms with Crippen molar-refractivity contribution in [1.29, 1.82) is 0 Å². The van der Waals surface area contributed by atoms with Crippen LogP contribution in [0.4, 0.5) is 0 Å². The van der Waals surface area contributed by atoms with Gasteiger partial charge >= 0.3 is 0 Å². The molecule has 2 aromatic rings. The van der Waals surface area contributed by atoms with Gasteiger partial charge in [0, 0.05) is 10.6 Å². The van der Waals surface area contributed by atoms with Crippen LogP contribution in [0.2, 0.25) is 5.02 Å². The number of ether oxygens (including phenoxy) is 2. The molecule has 8 heteroatoms. The number of benzene rings is 2. The third-order valence-electron chi connectivity index (χ3n) is 5.46. The molecule has 0 aliphatic carbocycles. The standard InChI is InChI=1S/C22H27ClO7/c1-3-29-16-7-4-13(5-8-16)10-14-11-15(6-9-17(14)23)22(28)20(27)18(25)19(26)21(2,12-24)30-22/h4-9,11,18-20,24-28H,3,10,12H2,1-2H3/t18-,19-,20+,21+,22-/m0/s1. The summed E-state index contributed by atoms with van der Waals surface area (Å²) in [6, 6.07) is 12.1. The van der Waals surface area contributed by atoms with Crippen LogP contribution in [-0.4, -0.2) is 62.7 Å². The van der Waals surface area contributed by atoms with E-state index in [1.165, 1.54) is 13.0 Å². The van der Waals surface area contributed by atoms with Gasteiger partial charge in [0.2, 0.25) is 5.79 Å². The molecule has 0 saturated carbocycles. The first-order chi connectivity index (χ1) is 14.1. The zero-order valence-electron chi connectivity index (χ0n) is 16.8. The number of aliphatic hydroxyl groups is 5. The van der Waals surface area contributed by atoms with Crippen molar-refractivity contribution in [3.8, 4) is 5.75 Å². The summed E-state index contributed by atoms with van der Waals surface area (Å²) in [5.74, 6) is -1.60. The first-order valence-corrected chi connectivity index (χ1v) is 10.1. The van der Waals surface area contributed by atoms with E-state index >= 15 is 0 Å². The Hall–Kier alpha value is -1.71. The minimum Gasteiger partial charge on any atom is -0.494 e. The molecule has 0 unspecified atom stereocenters. The second kappa shape index (κ2) is 8.80. The summed E-state index contributed by atoms with van der Waals surface area (Å²) >= 11 is 6.34. The van der Waals surface area contributed by atoms with Gasteiger partial charge in [0.25, 0.3) is 0 Å². The summed E-state index contributed by atoms with van der Waals surface area (Å²) < 4.78 is 11.0. The van der Waals surface area contributed by atoms with Gasteiger partial charge in [-0.2, -0.15) is 0 Å². The van der Waals surface area contributed by atoms with Gasteiger partial charge in [-0.3, -0.25) is 0 Å². The Bertz CT molecular complexity index is 874. The summed E-state index contributed by atoms with van der Waals surface area (Å²) in [7, 11) is 0.